The van der Waals surface area contributed by atoms with Crippen molar-refractivity contribution in [2.75, 3.05) is 6.54 Å². The molecule has 3 heteroatoms. The fourth-order valence-electron chi connectivity index (χ4n) is 2.82. The van der Waals surface area contributed by atoms with E-state index in [1.54, 1.807) is 11.3 Å². The van der Waals surface area contributed by atoms with E-state index in [0.717, 1.165) is 25.9 Å². The fraction of sp³-hybridized carbons (Fsp3) is 0.667. The lowest BCUT2D eigenvalue weighted by molar-refractivity contribution is -0.117. The highest BCUT2D eigenvalue weighted by atomic mass is 32.1. The molecule has 1 aliphatic carbocycles. The highest BCUT2D eigenvalue weighted by molar-refractivity contribution is 7.09. The van der Waals surface area contributed by atoms with Crippen LogP contribution in [-0.2, 0) is 11.3 Å². The summed E-state index contributed by atoms with van der Waals surface area (Å²) in [6.07, 6.45) is 5.80. The Morgan fingerprint density at radius 1 is 1.44 bits per heavy atom. The van der Waals surface area contributed by atoms with E-state index in [0.29, 0.717) is 6.04 Å². The van der Waals surface area contributed by atoms with Crippen LogP contribution in [0.1, 0.15) is 44.4 Å². The van der Waals surface area contributed by atoms with E-state index in [4.69, 9.17) is 0 Å². The Hall–Kier alpha value is -0.670. The van der Waals surface area contributed by atoms with Crippen LogP contribution in [0.5, 0.6) is 0 Å². The molecule has 0 bridgehead atoms. The highest BCUT2D eigenvalue weighted by Crippen LogP contribution is 2.37. The lowest BCUT2D eigenvalue weighted by Gasteiger charge is -2.33. The van der Waals surface area contributed by atoms with Gasteiger partial charge in [-0.3, -0.25) is 4.90 Å². The normalized spacial score (nSPS) is 18.7. The molecule has 18 heavy (non-hydrogen) atoms. The van der Waals surface area contributed by atoms with Crippen LogP contribution in [0.15, 0.2) is 17.5 Å². The van der Waals surface area contributed by atoms with Gasteiger partial charge >= 0.3 is 0 Å². The molecule has 1 fully saturated rings. The minimum atomic E-state index is -0.0679. The molecule has 1 aromatic rings. The molecule has 1 aliphatic rings. The van der Waals surface area contributed by atoms with Gasteiger partial charge in [0.15, 0.2) is 0 Å². The number of hydrogen-bond donors (Lipinski definition) is 0. The zero-order valence-corrected chi connectivity index (χ0v) is 12.2. The second kappa shape index (κ2) is 5.98. The predicted octanol–water partition coefficient (Wildman–Crippen LogP) is 3.72. The van der Waals surface area contributed by atoms with Gasteiger partial charge in [0.25, 0.3) is 0 Å². The first-order chi connectivity index (χ1) is 8.65. The zero-order chi connectivity index (χ0) is 13.0. The lowest BCUT2D eigenvalue weighted by atomic mass is 9.87. The van der Waals surface area contributed by atoms with Gasteiger partial charge in [-0.15, -0.1) is 11.3 Å². The van der Waals surface area contributed by atoms with Crippen molar-refractivity contribution in [2.45, 2.75) is 52.1 Å². The van der Waals surface area contributed by atoms with Gasteiger partial charge in [0.05, 0.1) is 0 Å². The number of carbonyl (C=O) groups is 1. The smallest absolute Gasteiger partial charge is 0.127 e. The third-order valence-electron chi connectivity index (χ3n) is 4.04. The monoisotopic (exact) mass is 265 g/mol. The zero-order valence-electron chi connectivity index (χ0n) is 11.4. The van der Waals surface area contributed by atoms with Crippen molar-refractivity contribution in [3.8, 4) is 0 Å². The Kier molecular flexibility index (Phi) is 4.57. The van der Waals surface area contributed by atoms with Crippen molar-refractivity contribution in [3.05, 3.63) is 22.4 Å². The molecule has 0 unspecified atom stereocenters. The third-order valence-corrected chi connectivity index (χ3v) is 4.90. The van der Waals surface area contributed by atoms with E-state index < -0.39 is 0 Å². The molecule has 0 amide bonds. The van der Waals surface area contributed by atoms with Gasteiger partial charge < -0.3 is 4.79 Å². The van der Waals surface area contributed by atoms with Crippen molar-refractivity contribution >= 4 is 17.6 Å². The van der Waals surface area contributed by atoms with Gasteiger partial charge in [-0.2, -0.15) is 0 Å². The number of carbonyl (C=O) groups excluding carboxylic acids is 1. The number of hydrogen-bond acceptors (Lipinski definition) is 3. The molecule has 1 saturated carbocycles. The Morgan fingerprint density at radius 3 is 2.67 bits per heavy atom. The number of rotatable bonds is 6. The van der Waals surface area contributed by atoms with Crippen molar-refractivity contribution in [2.24, 2.45) is 5.41 Å². The SMILES string of the molecule is CC(C)N(Cc1cccs1)CC1(C=O)CCCC1. The molecule has 0 spiro atoms. The van der Waals surface area contributed by atoms with Crippen molar-refractivity contribution < 1.29 is 4.79 Å². The van der Waals surface area contributed by atoms with Crippen LogP contribution in [0.25, 0.3) is 0 Å². The van der Waals surface area contributed by atoms with E-state index in [1.165, 1.54) is 24.0 Å². The molecular weight excluding hydrogens is 242 g/mol. The van der Waals surface area contributed by atoms with Crippen LogP contribution in [-0.4, -0.2) is 23.8 Å². The first kappa shape index (κ1) is 13.8. The van der Waals surface area contributed by atoms with E-state index in [-0.39, 0.29) is 5.41 Å². The van der Waals surface area contributed by atoms with Gasteiger partial charge in [-0.1, -0.05) is 18.9 Å². The fourth-order valence-corrected chi connectivity index (χ4v) is 3.55. The summed E-state index contributed by atoms with van der Waals surface area (Å²) in [6.45, 7) is 6.35. The Morgan fingerprint density at radius 2 is 2.17 bits per heavy atom. The standard InChI is InChI=1S/C15H23NOS/c1-13(2)16(10-14-6-5-9-18-14)11-15(12-17)7-3-4-8-15/h5-6,9,12-13H,3-4,7-8,10-11H2,1-2H3. The quantitative estimate of drug-likeness (QED) is 0.731. The first-order valence-corrected chi connectivity index (χ1v) is 7.76. The first-order valence-electron chi connectivity index (χ1n) is 6.88. The third kappa shape index (κ3) is 3.21. The number of thiophene rings is 1. The molecule has 0 aliphatic heterocycles. The van der Waals surface area contributed by atoms with Gasteiger partial charge in [-0.25, -0.2) is 0 Å². The van der Waals surface area contributed by atoms with Crippen molar-refractivity contribution in [1.29, 1.82) is 0 Å². The number of nitrogens with zero attached hydrogens (tertiary/aromatic N) is 1. The van der Waals surface area contributed by atoms with Crippen molar-refractivity contribution in [1.82, 2.24) is 4.90 Å². The molecule has 2 rings (SSSR count). The Labute approximate surface area is 114 Å². The van der Waals surface area contributed by atoms with Gasteiger partial charge in [0, 0.05) is 29.4 Å². The molecule has 0 atom stereocenters. The average molecular weight is 265 g/mol. The minimum Gasteiger partial charge on any atom is -0.303 e. The summed E-state index contributed by atoms with van der Waals surface area (Å²) in [5.74, 6) is 0. The summed E-state index contributed by atoms with van der Waals surface area (Å²) >= 11 is 1.80. The molecular formula is C15H23NOS. The average Bonchev–Trinajstić information content (AvgIpc) is 3.00. The van der Waals surface area contributed by atoms with E-state index in [2.05, 4.69) is 36.3 Å². The van der Waals surface area contributed by atoms with Crippen LogP contribution < -0.4 is 0 Å². The van der Waals surface area contributed by atoms with Crippen LogP contribution in [0, 0.1) is 5.41 Å². The summed E-state index contributed by atoms with van der Waals surface area (Å²) in [7, 11) is 0. The molecule has 0 aromatic carbocycles. The second-order valence-electron chi connectivity index (χ2n) is 5.77. The molecule has 1 heterocycles. The van der Waals surface area contributed by atoms with E-state index >= 15 is 0 Å². The van der Waals surface area contributed by atoms with Gasteiger partial charge in [0.1, 0.15) is 6.29 Å². The maximum absolute atomic E-state index is 11.5. The molecule has 0 saturated heterocycles. The summed E-state index contributed by atoms with van der Waals surface area (Å²) in [4.78, 5) is 15.3. The molecule has 2 nitrogen and oxygen atoms in total. The largest absolute Gasteiger partial charge is 0.303 e. The molecule has 0 radical (unpaired) electrons. The van der Waals surface area contributed by atoms with Crippen LogP contribution in [0.4, 0.5) is 0 Å². The highest BCUT2D eigenvalue weighted by Gasteiger charge is 2.35. The van der Waals surface area contributed by atoms with E-state index in [1.807, 2.05) is 0 Å². The molecule has 0 N–H and O–H groups in total. The van der Waals surface area contributed by atoms with Crippen LogP contribution >= 0.6 is 11.3 Å². The minimum absolute atomic E-state index is 0.0679. The summed E-state index contributed by atoms with van der Waals surface area (Å²) in [6, 6.07) is 4.77. The Bertz CT molecular complexity index is 366. The van der Waals surface area contributed by atoms with Crippen molar-refractivity contribution in [3.63, 3.8) is 0 Å². The van der Waals surface area contributed by atoms with Gasteiger partial charge in [-0.05, 0) is 38.1 Å². The summed E-state index contributed by atoms with van der Waals surface area (Å²) in [5, 5.41) is 2.12. The predicted molar refractivity (Wildman–Crippen MR) is 76.8 cm³/mol. The summed E-state index contributed by atoms with van der Waals surface area (Å²) in [5.41, 5.74) is -0.0679. The lowest BCUT2D eigenvalue weighted by Crippen LogP contribution is -2.40. The van der Waals surface area contributed by atoms with Crippen LogP contribution in [0.2, 0.25) is 0 Å². The maximum atomic E-state index is 11.5. The number of aldehydes is 1. The maximum Gasteiger partial charge on any atom is 0.127 e. The second-order valence-corrected chi connectivity index (χ2v) is 6.80. The molecule has 1 aromatic heterocycles. The van der Waals surface area contributed by atoms with E-state index in [9.17, 15) is 4.79 Å². The topological polar surface area (TPSA) is 20.3 Å². The Balaban J connectivity index is 2.03. The summed E-state index contributed by atoms with van der Waals surface area (Å²) < 4.78 is 0. The van der Waals surface area contributed by atoms with Crippen LogP contribution in [0.3, 0.4) is 0 Å². The van der Waals surface area contributed by atoms with Gasteiger partial charge in [0.2, 0.25) is 0 Å². The molecule has 100 valence electrons.